The Hall–Kier alpha value is -0.340. The minimum Gasteiger partial charge on any atom is -0.314 e. The second-order valence-corrected chi connectivity index (χ2v) is 5.23. The van der Waals surface area contributed by atoms with E-state index in [4.69, 9.17) is 0 Å². The van der Waals surface area contributed by atoms with Gasteiger partial charge in [-0.3, -0.25) is 0 Å². The summed E-state index contributed by atoms with van der Waals surface area (Å²) in [7, 11) is 0. The van der Waals surface area contributed by atoms with Crippen LogP contribution in [-0.4, -0.2) is 24.7 Å². The Bertz CT molecular complexity index is 183. The molecule has 1 aliphatic rings. The fraction of sp³-hybridized carbons (Fsp3) is 0.857. The maximum absolute atomic E-state index is 3.78. The average Bonchev–Trinajstić information content (AvgIpc) is 2.46. The standard InChI is InChI=1S/C14H28N2/c1-4-8-12(2)16-13(3)11-14-9-6-5-7-10-15-14/h4,12-16H,1,5-11H2,2-3H3. The molecule has 3 unspecified atom stereocenters. The summed E-state index contributed by atoms with van der Waals surface area (Å²) < 4.78 is 0. The van der Waals surface area contributed by atoms with Gasteiger partial charge in [0.1, 0.15) is 0 Å². The maximum atomic E-state index is 3.78. The van der Waals surface area contributed by atoms with Crippen LogP contribution in [0, 0.1) is 0 Å². The molecule has 16 heavy (non-hydrogen) atoms. The normalized spacial score (nSPS) is 25.8. The van der Waals surface area contributed by atoms with Crippen LogP contribution < -0.4 is 10.6 Å². The zero-order chi connectivity index (χ0) is 11.8. The fourth-order valence-corrected chi connectivity index (χ4v) is 2.60. The zero-order valence-electron chi connectivity index (χ0n) is 11.0. The molecule has 1 heterocycles. The Morgan fingerprint density at radius 2 is 2.12 bits per heavy atom. The molecule has 0 radical (unpaired) electrons. The van der Waals surface area contributed by atoms with Gasteiger partial charge in [-0.25, -0.2) is 0 Å². The molecule has 0 bridgehead atoms. The quantitative estimate of drug-likeness (QED) is 0.678. The van der Waals surface area contributed by atoms with Crippen molar-refractivity contribution in [1.82, 2.24) is 10.6 Å². The molecule has 0 aromatic carbocycles. The number of hydrogen-bond donors (Lipinski definition) is 2. The summed E-state index contributed by atoms with van der Waals surface area (Å²) in [4.78, 5) is 0. The van der Waals surface area contributed by atoms with E-state index in [0.717, 1.165) is 12.5 Å². The van der Waals surface area contributed by atoms with Gasteiger partial charge in [-0.15, -0.1) is 6.58 Å². The monoisotopic (exact) mass is 224 g/mol. The Labute approximate surface area is 101 Å². The van der Waals surface area contributed by atoms with Gasteiger partial charge in [0, 0.05) is 18.1 Å². The van der Waals surface area contributed by atoms with Crippen LogP contribution in [0.5, 0.6) is 0 Å². The number of nitrogens with one attached hydrogen (secondary N) is 2. The van der Waals surface area contributed by atoms with E-state index < -0.39 is 0 Å². The number of rotatable bonds is 6. The first kappa shape index (κ1) is 13.7. The topological polar surface area (TPSA) is 24.1 Å². The Morgan fingerprint density at radius 3 is 2.88 bits per heavy atom. The van der Waals surface area contributed by atoms with Crippen LogP contribution in [0.3, 0.4) is 0 Å². The van der Waals surface area contributed by atoms with Crippen LogP contribution >= 0.6 is 0 Å². The van der Waals surface area contributed by atoms with Crippen molar-refractivity contribution in [2.24, 2.45) is 0 Å². The second-order valence-electron chi connectivity index (χ2n) is 5.23. The van der Waals surface area contributed by atoms with Crippen LogP contribution in [0.15, 0.2) is 12.7 Å². The van der Waals surface area contributed by atoms with Crippen LogP contribution in [0.25, 0.3) is 0 Å². The molecule has 2 nitrogen and oxygen atoms in total. The predicted molar refractivity (Wildman–Crippen MR) is 71.7 cm³/mol. The zero-order valence-corrected chi connectivity index (χ0v) is 11.0. The van der Waals surface area contributed by atoms with Crippen molar-refractivity contribution in [1.29, 1.82) is 0 Å². The summed E-state index contributed by atoms with van der Waals surface area (Å²) in [6.07, 6.45) is 9.80. The number of hydrogen-bond acceptors (Lipinski definition) is 2. The van der Waals surface area contributed by atoms with Crippen LogP contribution in [0.1, 0.15) is 52.4 Å². The summed E-state index contributed by atoms with van der Waals surface area (Å²) in [5.41, 5.74) is 0. The third-order valence-electron chi connectivity index (χ3n) is 3.39. The van der Waals surface area contributed by atoms with Gasteiger partial charge in [-0.2, -0.15) is 0 Å². The van der Waals surface area contributed by atoms with Crippen LogP contribution in [0.4, 0.5) is 0 Å². The molecule has 2 N–H and O–H groups in total. The van der Waals surface area contributed by atoms with Crippen molar-refractivity contribution in [2.75, 3.05) is 6.54 Å². The molecule has 0 amide bonds. The van der Waals surface area contributed by atoms with Gasteiger partial charge < -0.3 is 10.6 Å². The van der Waals surface area contributed by atoms with Gasteiger partial charge in [-0.05, 0) is 46.1 Å². The van der Waals surface area contributed by atoms with Crippen molar-refractivity contribution in [3.8, 4) is 0 Å². The second kappa shape index (κ2) is 7.86. The van der Waals surface area contributed by atoms with Gasteiger partial charge in [0.2, 0.25) is 0 Å². The first-order valence-corrected chi connectivity index (χ1v) is 6.82. The van der Waals surface area contributed by atoms with E-state index in [-0.39, 0.29) is 0 Å². The fourth-order valence-electron chi connectivity index (χ4n) is 2.60. The van der Waals surface area contributed by atoms with Crippen molar-refractivity contribution >= 4 is 0 Å². The van der Waals surface area contributed by atoms with Crippen molar-refractivity contribution in [3.63, 3.8) is 0 Å². The van der Waals surface area contributed by atoms with Gasteiger partial charge in [0.15, 0.2) is 0 Å². The van der Waals surface area contributed by atoms with E-state index in [0.29, 0.717) is 12.1 Å². The molecule has 0 aromatic rings. The summed E-state index contributed by atoms with van der Waals surface area (Å²) in [5, 5.41) is 7.29. The Morgan fingerprint density at radius 1 is 1.31 bits per heavy atom. The lowest BCUT2D eigenvalue weighted by atomic mass is 10.0. The van der Waals surface area contributed by atoms with Gasteiger partial charge >= 0.3 is 0 Å². The predicted octanol–water partition coefficient (Wildman–Crippen LogP) is 2.85. The minimum atomic E-state index is 0.554. The van der Waals surface area contributed by atoms with Crippen LogP contribution in [0.2, 0.25) is 0 Å². The van der Waals surface area contributed by atoms with E-state index in [1.54, 1.807) is 0 Å². The van der Waals surface area contributed by atoms with E-state index in [2.05, 4.69) is 31.1 Å². The van der Waals surface area contributed by atoms with Crippen LogP contribution in [-0.2, 0) is 0 Å². The Kier molecular flexibility index (Phi) is 6.74. The van der Waals surface area contributed by atoms with E-state index >= 15 is 0 Å². The highest BCUT2D eigenvalue weighted by molar-refractivity contribution is 4.80. The van der Waals surface area contributed by atoms with Gasteiger partial charge in [-0.1, -0.05) is 18.9 Å². The smallest absolute Gasteiger partial charge is 0.00817 e. The highest BCUT2D eigenvalue weighted by Crippen LogP contribution is 2.13. The molecule has 2 heteroatoms. The molecule has 0 aliphatic carbocycles. The van der Waals surface area contributed by atoms with Gasteiger partial charge in [0.25, 0.3) is 0 Å². The first-order valence-electron chi connectivity index (χ1n) is 6.82. The van der Waals surface area contributed by atoms with E-state index in [1.807, 2.05) is 6.08 Å². The molecule has 0 spiro atoms. The lowest BCUT2D eigenvalue weighted by Gasteiger charge is -2.24. The molecule has 1 saturated heterocycles. The van der Waals surface area contributed by atoms with Gasteiger partial charge in [0.05, 0.1) is 0 Å². The molecule has 0 saturated carbocycles. The van der Waals surface area contributed by atoms with Crippen molar-refractivity contribution in [2.45, 2.75) is 70.5 Å². The van der Waals surface area contributed by atoms with E-state index in [1.165, 1.54) is 38.6 Å². The summed E-state index contributed by atoms with van der Waals surface area (Å²) in [6, 6.07) is 1.88. The summed E-state index contributed by atoms with van der Waals surface area (Å²) in [5.74, 6) is 0. The molecule has 1 rings (SSSR count). The first-order chi connectivity index (χ1) is 7.72. The highest BCUT2D eigenvalue weighted by atomic mass is 15.0. The van der Waals surface area contributed by atoms with E-state index in [9.17, 15) is 0 Å². The molecule has 1 fully saturated rings. The largest absolute Gasteiger partial charge is 0.314 e. The lowest BCUT2D eigenvalue weighted by Crippen LogP contribution is -2.40. The molecule has 3 atom stereocenters. The molecule has 0 aromatic heterocycles. The molecule has 94 valence electrons. The minimum absolute atomic E-state index is 0.554. The lowest BCUT2D eigenvalue weighted by molar-refractivity contribution is 0.378. The van der Waals surface area contributed by atoms with Crippen molar-refractivity contribution in [3.05, 3.63) is 12.7 Å². The third kappa shape index (κ3) is 5.66. The molecular formula is C14H28N2. The Balaban J connectivity index is 2.20. The SMILES string of the molecule is C=CCC(C)NC(C)CC1CCCCCN1. The third-order valence-corrected chi connectivity index (χ3v) is 3.39. The molecule has 1 aliphatic heterocycles. The molecular weight excluding hydrogens is 196 g/mol. The average molecular weight is 224 g/mol. The van der Waals surface area contributed by atoms with Crippen molar-refractivity contribution < 1.29 is 0 Å². The maximum Gasteiger partial charge on any atom is 0.00817 e. The summed E-state index contributed by atoms with van der Waals surface area (Å²) >= 11 is 0. The highest BCUT2D eigenvalue weighted by Gasteiger charge is 2.15. The summed E-state index contributed by atoms with van der Waals surface area (Å²) in [6.45, 7) is 9.52.